The van der Waals surface area contributed by atoms with E-state index in [1.165, 1.54) is 0 Å². The molecular weight excluding hydrogens is 358 g/mol. The Morgan fingerprint density at radius 2 is 2.10 bits per heavy atom. The fourth-order valence-corrected chi connectivity index (χ4v) is 2.64. The molecule has 0 radical (unpaired) electrons. The van der Waals surface area contributed by atoms with E-state index in [1.807, 2.05) is 0 Å². The number of nitrogens with one attached hydrogen (secondary N) is 1. The van der Waals surface area contributed by atoms with Gasteiger partial charge in [0.25, 0.3) is 5.91 Å². The number of hydrogen-bond acceptors (Lipinski definition) is 3. The first kappa shape index (κ1) is 14.1. The minimum absolute atomic E-state index is 0.0161. The number of anilines is 1. The monoisotopic (exact) mass is 365 g/mol. The van der Waals surface area contributed by atoms with Gasteiger partial charge in [0.05, 0.1) is 10.7 Å². The van der Waals surface area contributed by atoms with Gasteiger partial charge in [-0.25, -0.2) is 0 Å². The van der Waals surface area contributed by atoms with Crippen molar-refractivity contribution < 1.29 is 14.3 Å². The molecule has 0 aliphatic carbocycles. The van der Waals surface area contributed by atoms with Crippen molar-refractivity contribution in [3.05, 3.63) is 57.0 Å². The lowest BCUT2D eigenvalue weighted by molar-refractivity contribution is -0.118. The Labute approximate surface area is 134 Å². The van der Waals surface area contributed by atoms with Gasteiger partial charge in [0.1, 0.15) is 5.75 Å². The fraction of sp³-hybridized carbons (Fsp3) is 0.0667. The van der Waals surface area contributed by atoms with Gasteiger partial charge in [0.15, 0.2) is 12.4 Å². The summed E-state index contributed by atoms with van der Waals surface area (Å²) in [5, 5.41) is 3.04. The summed E-state index contributed by atoms with van der Waals surface area (Å²) in [5.74, 6) is 0.0861. The number of benzene rings is 2. The van der Waals surface area contributed by atoms with E-state index in [1.54, 1.807) is 36.4 Å². The molecule has 0 aromatic heterocycles. The second-order valence-electron chi connectivity index (χ2n) is 4.48. The number of rotatable bonds is 2. The molecule has 0 saturated heterocycles. The zero-order valence-electron chi connectivity index (χ0n) is 10.7. The molecule has 1 amide bonds. The lowest BCUT2D eigenvalue weighted by atomic mass is 10.0. The van der Waals surface area contributed by atoms with Crippen LogP contribution in [-0.2, 0) is 4.79 Å². The third-order valence-electron chi connectivity index (χ3n) is 3.07. The van der Waals surface area contributed by atoms with Gasteiger partial charge in [-0.05, 0) is 46.3 Å². The normalized spacial score (nSPS) is 13.1. The molecule has 0 bridgehead atoms. The third-order valence-corrected chi connectivity index (χ3v) is 4.37. The minimum Gasteiger partial charge on any atom is -0.482 e. The molecular formula is C15H9BrClNO3. The Balaban J connectivity index is 2.01. The van der Waals surface area contributed by atoms with Crippen molar-refractivity contribution in [2.75, 3.05) is 11.9 Å². The number of fused-ring (bicyclic) bond motifs is 1. The van der Waals surface area contributed by atoms with Crippen LogP contribution >= 0.6 is 27.5 Å². The number of ketones is 1. The van der Waals surface area contributed by atoms with E-state index in [-0.39, 0.29) is 18.3 Å². The summed E-state index contributed by atoms with van der Waals surface area (Å²) in [6.45, 7) is -0.0161. The molecule has 21 heavy (non-hydrogen) atoms. The Bertz CT molecular complexity index is 761. The molecule has 1 N–H and O–H groups in total. The Hall–Kier alpha value is -1.85. The maximum absolute atomic E-state index is 12.5. The van der Waals surface area contributed by atoms with E-state index in [0.29, 0.717) is 32.1 Å². The predicted octanol–water partition coefficient (Wildman–Crippen LogP) is 3.66. The van der Waals surface area contributed by atoms with E-state index < -0.39 is 0 Å². The van der Waals surface area contributed by atoms with Crippen LogP contribution in [0, 0.1) is 0 Å². The molecule has 0 unspecified atom stereocenters. The minimum atomic E-state index is -0.243. The van der Waals surface area contributed by atoms with Crippen LogP contribution in [0.5, 0.6) is 5.75 Å². The number of halogens is 2. The maximum Gasteiger partial charge on any atom is 0.262 e. The highest BCUT2D eigenvalue weighted by molar-refractivity contribution is 9.10. The van der Waals surface area contributed by atoms with Crippen molar-refractivity contribution in [1.82, 2.24) is 0 Å². The Kier molecular flexibility index (Phi) is 3.69. The Morgan fingerprint density at radius 1 is 1.29 bits per heavy atom. The number of carbonyl (C=O) groups is 2. The second-order valence-corrected chi connectivity index (χ2v) is 5.71. The third kappa shape index (κ3) is 2.66. The smallest absolute Gasteiger partial charge is 0.262 e. The molecule has 1 aliphatic heterocycles. The van der Waals surface area contributed by atoms with Gasteiger partial charge in [0.2, 0.25) is 0 Å². The highest BCUT2D eigenvalue weighted by Gasteiger charge is 2.20. The molecule has 0 fully saturated rings. The SMILES string of the molecule is O=C1COc2ccc(C(=O)c3cccc(Br)c3Cl)cc2N1. The zero-order chi connectivity index (χ0) is 15.0. The van der Waals surface area contributed by atoms with E-state index >= 15 is 0 Å². The van der Waals surface area contributed by atoms with Crippen LogP contribution in [0.1, 0.15) is 15.9 Å². The fourth-order valence-electron chi connectivity index (χ4n) is 2.06. The Morgan fingerprint density at radius 3 is 2.90 bits per heavy atom. The van der Waals surface area contributed by atoms with Crippen LogP contribution in [0.2, 0.25) is 5.02 Å². The highest BCUT2D eigenvalue weighted by atomic mass is 79.9. The van der Waals surface area contributed by atoms with E-state index in [9.17, 15) is 9.59 Å². The number of amides is 1. The molecule has 1 heterocycles. The molecule has 0 spiro atoms. The molecule has 6 heteroatoms. The van der Waals surface area contributed by atoms with Gasteiger partial charge in [-0.2, -0.15) is 0 Å². The van der Waals surface area contributed by atoms with Crippen molar-refractivity contribution >= 4 is 44.9 Å². The van der Waals surface area contributed by atoms with Gasteiger partial charge < -0.3 is 10.1 Å². The zero-order valence-corrected chi connectivity index (χ0v) is 13.0. The average molecular weight is 367 g/mol. The van der Waals surface area contributed by atoms with Crippen LogP contribution in [0.4, 0.5) is 5.69 Å². The molecule has 1 aliphatic rings. The quantitative estimate of drug-likeness (QED) is 0.825. The summed E-state index contributed by atoms with van der Waals surface area (Å²) in [6, 6.07) is 10.1. The molecule has 4 nitrogen and oxygen atoms in total. The number of carbonyl (C=O) groups excluding carboxylic acids is 2. The molecule has 3 rings (SSSR count). The van der Waals surface area contributed by atoms with Crippen LogP contribution < -0.4 is 10.1 Å². The molecule has 2 aromatic carbocycles. The van der Waals surface area contributed by atoms with E-state index in [0.717, 1.165) is 0 Å². The van der Waals surface area contributed by atoms with Gasteiger partial charge in [-0.1, -0.05) is 17.7 Å². The molecule has 0 atom stereocenters. The standard InChI is InChI=1S/C15H9BrClNO3/c16-10-3-1-2-9(14(10)17)15(20)8-4-5-12-11(6-8)18-13(19)7-21-12/h1-6H,7H2,(H,18,19). The average Bonchev–Trinajstić information content (AvgIpc) is 2.48. The first-order valence-corrected chi connectivity index (χ1v) is 7.29. The summed E-state index contributed by atoms with van der Waals surface area (Å²) in [5.41, 5.74) is 1.32. The van der Waals surface area contributed by atoms with E-state index in [2.05, 4.69) is 21.2 Å². The van der Waals surface area contributed by atoms with Crippen LogP contribution in [0.15, 0.2) is 40.9 Å². The summed E-state index contributed by atoms with van der Waals surface area (Å²) in [7, 11) is 0. The van der Waals surface area contributed by atoms with Crippen molar-refractivity contribution in [3.63, 3.8) is 0 Å². The summed E-state index contributed by atoms with van der Waals surface area (Å²) >= 11 is 9.44. The van der Waals surface area contributed by atoms with Crippen molar-refractivity contribution in [3.8, 4) is 5.75 Å². The van der Waals surface area contributed by atoms with Crippen LogP contribution in [0.25, 0.3) is 0 Å². The lowest BCUT2D eigenvalue weighted by Crippen LogP contribution is -2.25. The topological polar surface area (TPSA) is 55.4 Å². The molecule has 0 saturated carbocycles. The molecule has 106 valence electrons. The number of hydrogen-bond donors (Lipinski definition) is 1. The first-order valence-electron chi connectivity index (χ1n) is 6.11. The molecule has 2 aromatic rings. The summed E-state index contributed by atoms with van der Waals surface area (Å²) in [4.78, 5) is 23.9. The predicted molar refractivity (Wildman–Crippen MR) is 83.2 cm³/mol. The van der Waals surface area contributed by atoms with Crippen molar-refractivity contribution in [2.45, 2.75) is 0 Å². The van der Waals surface area contributed by atoms with Gasteiger partial charge in [-0.3, -0.25) is 9.59 Å². The summed E-state index contributed by atoms with van der Waals surface area (Å²) < 4.78 is 5.92. The largest absolute Gasteiger partial charge is 0.482 e. The van der Waals surface area contributed by atoms with Gasteiger partial charge >= 0.3 is 0 Å². The van der Waals surface area contributed by atoms with Crippen molar-refractivity contribution in [2.24, 2.45) is 0 Å². The van der Waals surface area contributed by atoms with Crippen molar-refractivity contribution in [1.29, 1.82) is 0 Å². The highest BCUT2D eigenvalue weighted by Crippen LogP contribution is 2.31. The maximum atomic E-state index is 12.5. The van der Waals surface area contributed by atoms with E-state index in [4.69, 9.17) is 16.3 Å². The van der Waals surface area contributed by atoms with Gasteiger partial charge in [0, 0.05) is 15.6 Å². The lowest BCUT2D eigenvalue weighted by Gasteiger charge is -2.18. The van der Waals surface area contributed by atoms with Crippen LogP contribution in [0.3, 0.4) is 0 Å². The summed E-state index contributed by atoms with van der Waals surface area (Å²) in [6.07, 6.45) is 0. The van der Waals surface area contributed by atoms with Crippen LogP contribution in [-0.4, -0.2) is 18.3 Å². The van der Waals surface area contributed by atoms with Gasteiger partial charge in [-0.15, -0.1) is 0 Å². The first-order chi connectivity index (χ1) is 10.1. The number of ether oxygens (including phenoxy) is 1. The second kappa shape index (κ2) is 5.50.